The fourth-order valence-corrected chi connectivity index (χ4v) is 1.55. The molecular weight excluding hydrogens is 256 g/mol. The largest absolute Gasteiger partial charge is 0.476 e. The van der Waals surface area contributed by atoms with Gasteiger partial charge in [-0.15, -0.1) is 0 Å². The van der Waals surface area contributed by atoms with Gasteiger partial charge < -0.3 is 16.3 Å². The third kappa shape index (κ3) is 4.53. The number of hydrazone groups is 1. The van der Waals surface area contributed by atoms with E-state index in [9.17, 15) is 9.90 Å². The lowest BCUT2D eigenvalue weighted by molar-refractivity contribution is 0.0690. The van der Waals surface area contributed by atoms with Gasteiger partial charge in [-0.05, 0) is 39.3 Å². The molecule has 0 aliphatic carbocycles. The Labute approximate surface area is 119 Å². The van der Waals surface area contributed by atoms with Crippen molar-refractivity contribution in [3.63, 3.8) is 0 Å². The molecule has 0 aromatic carbocycles. The topological polar surface area (TPSA) is 101 Å². The third-order valence-electron chi connectivity index (χ3n) is 2.45. The number of amidine groups is 1. The molecule has 1 aromatic heterocycles. The Bertz CT molecular complexity index is 518. The number of nitrogens with two attached hydrogens (primary N) is 1. The molecule has 1 rings (SSSR count). The Morgan fingerprint density at radius 2 is 2.10 bits per heavy atom. The highest BCUT2D eigenvalue weighted by Gasteiger charge is 2.16. The van der Waals surface area contributed by atoms with E-state index in [1.54, 1.807) is 12.1 Å². The first-order chi connectivity index (χ1) is 9.24. The lowest BCUT2D eigenvalue weighted by atomic mass is 10.1. The zero-order valence-electron chi connectivity index (χ0n) is 12.4. The number of hydrogen-bond donors (Lipinski definition) is 3. The Balaban J connectivity index is 3.13. The van der Waals surface area contributed by atoms with Crippen molar-refractivity contribution in [1.82, 2.24) is 10.4 Å². The lowest BCUT2D eigenvalue weighted by Crippen LogP contribution is -2.34. The first kappa shape index (κ1) is 15.9. The minimum atomic E-state index is -1.10. The van der Waals surface area contributed by atoms with Crippen LogP contribution in [0.1, 0.15) is 55.9 Å². The van der Waals surface area contributed by atoms with E-state index in [0.29, 0.717) is 5.56 Å². The number of pyridine rings is 1. The van der Waals surface area contributed by atoms with E-state index in [1.165, 1.54) is 0 Å². The highest BCUT2D eigenvalue weighted by molar-refractivity contribution is 6.05. The molecule has 0 aliphatic heterocycles. The van der Waals surface area contributed by atoms with E-state index < -0.39 is 5.97 Å². The molecule has 0 saturated heterocycles. The molecule has 110 valence electrons. The van der Waals surface area contributed by atoms with Gasteiger partial charge in [0.15, 0.2) is 11.5 Å². The molecule has 20 heavy (non-hydrogen) atoms. The van der Waals surface area contributed by atoms with Crippen LogP contribution in [0.15, 0.2) is 17.2 Å². The van der Waals surface area contributed by atoms with Crippen LogP contribution in [0.25, 0.3) is 0 Å². The SMILES string of the molecule is CCCc1ccc(C(N)=NNC(C)(C)C)c(C(=O)O)n1. The number of aryl methyl sites for hydroxylation is 1. The molecule has 0 saturated carbocycles. The number of nitrogens with zero attached hydrogens (tertiary/aromatic N) is 2. The zero-order valence-corrected chi connectivity index (χ0v) is 12.4. The second-order valence-corrected chi connectivity index (χ2v) is 5.61. The number of aromatic carboxylic acids is 1. The zero-order chi connectivity index (χ0) is 15.3. The van der Waals surface area contributed by atoms with E-state index >= 15 is 0 Å². The molecule has 6 nitrogen and oxygen atoms in total. The van der Waals surface area contributed by atoms with Crippen molar-refractivity contribution in [1.29, 1.82) is 0 Å². The fourth-order valence-electron chi connectivity index (χ4n) is 1.55. The van der Waals surface area contributed by atoms with Gasteiger partial charge in [-0.25, -0.2) is 9.78 Å². The van der Waals surface area contributed by atoms with Crippen molar-refractivity contribution in [2.45, 2.75) is 46.1 Å². The summed E-state index contributed by atoms with van der Waals surface area (Å²) < 4.78 is 0. The van der Waals surface area contributed by atoms with Crippen molar-refractivity contribution in [3.05, 3.63) is 29.1 Å². The number of nitrogens with one attached hydrogen (secondary N) is 1. The summed E-state index contributed by atoms with van der Waals surface area (Å²) in [4.78, 5) is 15.4. The highest BCUT2D eigenvalue weighted by Crippen LogP contribution is 2.10. The monoisotopic (exact) mass is 278 g/mol. The smallest absolute Gasteiger partial charge is 0.355 e. The van der Waals surface area contributed by atoms with E-state index in [4.69, 9.17) is 5.73 Å². The second-order valence-electron chi connectivity index (χ2n) is 5.61. The number of rotatable bonds is 5. The summed E-state index contributed by atoms with van der Waals surface area (Å²) >= 11 is 0. The van der Waals surface area contributed by atoms with Crippen molar-refractivity contribution < 1.29 is 9.90 Å². The second kappa shape index (κ2) is 6.36. The van der Waals surface area contributed by atoms with Gasteiger partial charge in [0.25, 0.3) is 0 Å². The maximum absolute atomic E-state index is 11.3. The van der Waals surface area contributed by atoms with Crippen molar-refractivity contribution in [3.8, 4) is 0 Å². The first-order valence-electron chi connectivity index (χ1n) is 6.58. The summed E-state index contributed by atoms with van der Waals surface area (Å²) in [6, 6.07) is 3.44. The number of hydrogen-bond acceptors (Lipinski definition) is 4. The van der Waals surface area contributed by atoms with E-state index in [1.807, 2.05) is 27.7 Å². The molecule has 6 heteroatoms. The molecule has 0 aliphatic rings. The van der Waals surface area contributed by atoms with Crippen LogP contribution >= 0.6 is 0 Å². The van der Waals surface area contributed by atoms with Crippen LogP contribution in [0.5, 0.6) is 0 Å². The molecule has 1 aromatic rings. The first-order valence-corrected chi connectivity index (χ1v) is 6.58. The number of aromatic nitrogens is 1. The minimum absolute atomic E-state index is 0.0621. The van der Waals surface area contributed by atoms with Crippen molar-refractivity contribution in [2.75, 3.05) is 0 Å². The van der Waals surface area contributed by atoms with Gasteiger partial charge in [0.1, 0.15) is 0 Å². The molecule has 0 radical (unpaired) electrons. The molecule has 0 bridgehead atoms. The Hall–Kier alpha value is -2.11. The Kier molecular flexibility index (Phi) is 5.07. The normalized spacial score (nSPS) is 12.3. The van der Waals surface area contributed by atoms with Gasteiger partial charge >= 0.3 is 5.97 Å². The maximum atomic E-state index is 11.3. The van der Waals surface area contributed by atoms with Gasteiger partial charge in [-0.1, -0.05) is 13.3 Å². The van der Waals surface area contributed by atoms with Gasteiger partial charge in [0.2, 0.25) is 0 Å². The molecule has 0 atom stereocenters. The van der Waals surface area contributed by atoms with Crippen LogP contribution in [-0.2, 0) is 6.42 Å². The van der Waals surface area contributed by atoms with Gasteiger partial charge in [-0.3, -0.25) is 0 Å². The van der Waals surface area contributed by atoms with Crippen LogP contribution in [-0.4, -0.2) is 27.4 Å². The predicted molar refractivity (Wildman–Crippen MR) is 78.8 cm³/mol. The quantitative estimate of drug-likeness (QED) is 0.432. The third-order valence-corrected chi connectivity index (χ3v) is 2.45. The van der Waals surface area contributed by atoms with E-state index in [-0.39, 0.29) is 17.1 Å². The predicted octanol–water partition coefficient (Wildman–Crippen LogP) is 1.74. The summed E-state index contributed by atoms with van der Waals surface area (Å²) in [5.41, 5.74) is 9.48. The molecular formula is C14H22N4O2. The fraction of sp³-hybridized carbons (Fsp3) is 0.500. The Morgan fingerprint density at radius 1 is 1.45 bits per heavy atom. The number of carboxylic acid groups (broad SMARTS) is 1. The summed E-state index contributed by atoms with van der Waals surface area (Å²) in [5, 5.41) is 13.3. The molecule has 4 N–H and O–H groups in total. The van der Waals surface area contributed by atoms with Gasteiger partial charge in [-0.2, -0.15) is 5.10 Å². The van der Waals surface area contributed by atoms with Crippen LogP contribution < -0.4 is 11.2 Å². The van der Waals surface area contributed by atoms with Crippen LogP contribution in [0.3, 0.4) is 0 Å². The molecule has 0 spiro atoms. The summed E-state index contributed by atoms with van der Waals surface area (Å²) in [5.74, 6) is -0.986. The van der Waals surface area contributed by atoms with E-state index in [2.05, 4.69) is 15.5 Å². The van der Waals surface area contributed by atoms with Crippen molar-refractivity contribution in [2.24, 2.45) is 10.8 Å². The van der Waals surface area contributed by atoms with Crippen LogP contribution in [0.4, 0.5) is 0 Å². The summed E-state index contributed by atoms with van der Waals surface area (Å²) in [6.07, 6.45) is 1.64. The van der Waals surface area contributed by atoms with Crippen LogP contribution in [0, 0.1) is 0 Å². The van der Waals surface area contributed by atoms with E-state index in [0.717, 1.165) is 18.5 Å². The average molecular weight is 278 g/mol. The van der Waals surface area contributed by atoms with Crippen LogP contribution in [0.2, 0.25) is 0 Å². The highest BCUT2D eigenvalue weighted by atomic mass is 16.4. The average Bonchev–Trinajstić information content (AvgIpc) is 2.35. The van der Waals surface area contributed by atoms with Gasteiger partial charge in [0.05, 0.1) is 5.56 Å². The molecule has 1 heterocycles. The van der Waals surface area contributed by atoms with Gasteiger partial charge in [0, 0.05) is 11.2 Å². The summed E-state index contributed by atoms with van der Waals surface area (Å²) in [6.45, 7) is 7.82. The van der Waals surface area contributed by atoms with Crippen molar-refractivity contribution >= 4 is 11.8 Å². The Morgan fingerprint density at radius 3 is 2.60 bits per heavy atom. The number of carboxylic acids is 1. The standard InChI is InChI=1S/C14H22N4O2/c1-5-6-9-7-8-10(11(16-9)13(19)20)12(15)17-18-14(2,3)4/h7-8,18H,5-6H2,1-4H3,(H2,15,17)(H,19,20). The minimum Gasteiger partial charge on any atom is -0.476 e. The molecule has 0 fully saturated rings. The molecule has 0 unspecified atom stereocenters. The maximum Gasteiger partial charge on any atom is 0.355 e. The summed E-state index contributed by atoms with van der Waals surface area (Å²) in [7, 11) is 0. The number of carbonyl (C=O) groups is 1. The lowest BCUT2D eigenvalue weighted by Gasteiger charge is -2.18. The molecule has 0 amide bonds.